The van der Waals surface area contributed by atoms with Gasteiger partial charge in [-0.25, -0.2) is 8.78 Å². The van der Waals surface area contributed by atoms with E-state index in [-0.39, 0.29) is 17.2 Å². The van der Waals surface area contributed by atoms with Gasteiger partial charge in [0, 0.05) is 16.6 Å². The van der Waals surface area contributed by atoms with Gasteiger partial charge in [-0.2, -0.15) is 0 Å². The Labute approximate surface area is 138 Å². The van der Waals surface area contributed by atoms with Crippen LogP contribution in [0.1, 0.15) is 19.4 Å². The minimum atomic E-state index is -0.894. The van der Waals surface area contributed by atoms with Crippen LogP contribution in [0.2, 0.25) is 0 Å². The Balaban J connectivity index is 1.78. The zero-order chi connectivity index (χ0) is 16.6. The van der Waals surface area contributed by atoms with Gasteiger partial charge in [0.1, 0.15) is 0 Å². The maximum atomic E-state index is 13.3. The van der Waals surface area contributed by atoms with E-state index in [9.17, 15) is 13.6 Å². The molecule has 1 heterocycles. The molecule has 5 heteroatoms. The molecule has 1 amide bonds. The second-order valence-electron chi connectivity index (χ2n) is 5.73. The number of rotatable bonds is 3. The van der Waals surface area contributed by atoms with Crippen molar-refractivity contribution < 1.29 is 13.6 Å². The molecule has 0 unspecified atom stereocenters. The first kappa shape index (κ1) is 16.0. The number of carbonyl (C=O) groups is 1. The summed E-state index contributed by atoms with van der Waals surface area (Å²) in [7, 11) is 0. The quantitative estimate of drug-likeness (QED) is 0.775. The second-order valence-corrected chi connectivity index (χ2v) is 7.14. The SMILES string of the molecule is C[C@H](Sc1ccc(F)c(F)c1)C(=O)N1c2ccccc2C[C@@H]1C. The van der Waals surface area contributed by atoms with Crippen LogP contribution < -0.4 is 4.90 Å². The standard InChI is InChI=1S/C18H17F2NOS/c1-11-9-13-5-3-4-6-17(13)21(11)18(22)12(2)23-14-7-8-15(19)16(20)10-14/h3-8,10-12H,9H2,1-2H3/t11-,12-/m0/s1. The molecular formula is C18H17F2NOS. The van der Waals surface area contributed by atoms with Gasteiger partial charge >= 0.3 is 0 Å². The van der Waals surface area contributed by atoms with E-state index in [1.54, 1.807) is 6.92 Å². The Morgan fingerprint density at radius 3 is 2.70 bits per heavy atom. The Hall–Kier alpha value is -1.88. The smallest absolute Gasteiger partial charge is 0.240 e. The van der Waals surface area contributed by atoms with Crippen LogP contribution in [0, 0.1) is 11.6 Å². The van der Waals surface area contributed by atoms with Crippen molar-refractivity contribution in [1.29, 1.82) is 0 Å². The van der Waals surface area contributed by atoms with E-state index < -0.39 is 11.6 Å². The third kappa shape index (κ3) is 3.11. The molecule has 0 N–H and O–H groups in total. The van der Waals surface area contributed by atoms with Crippen LogP contribution in [0.5, 0.6) is 0 Å². The third-order valence-electron chi connectivity index (χ3n) is 4.00. The number of hydrogen-bond acceptors (Lipinski definition) is 2. The molecule has 1 aliphatic rings. The highest BCUT2D eigenvalue weighted by atomic mass is 32.2. The van der Waals surface area contributed by atoms with Crippen molar-refractivity contribution in [2.45, 2.75) is 36.5 Å². The number of carbonyl (C=O) groups excluding carboxylic acids is 1. The summed E-state index contributed by atoms with van der Waals surface area (Å²) in [6, 6.07) is 11.7. The molecule has 0 saturated carbocycles. The average molecular weight is 333 g/mol. The monoisotopic (exact) mass is 333 g/mol. The van der Waals surface area contributed by atoms with Crippen LogP contribution in [0.4, 0.5) is 14.5 Å². The number of halogens is 2. The van der Waals surface area contributed by atoms with E-state index in [1.807, 2.05) is 36.1 Å². The Morgan fingerprint density at radius 1 is 1.22 bits per heavy atom. The van der Waals surface area contributed by atoms with Gasteiger partial charge < -0.3 is 4.90 Å². The maximum Gasteiger partial charge on any atom is 0.240 e. The molecule has 1 aliphatic heterocycles. The minimum Gasteiger partial charge on any atom is -0.308 e. The molecule has 0 bridgehead atoms. The lowest BCUT2D eigenvalue weighted by Crippen LogP contribution is -2.40. The summed E-state index contributed by atoms with van der Waals surface area (Å²) in [4.78, 5) is 15.2. The number of nitrogens with zero attached hydrogens (tertiary/aromatic N) is 1. The first-order chi connectivity index (χ1) is 11.0. The molecule has 0 aliphatic carbocycles. The fourth-order valence-corrected chi connectivity index (χ4v) is 3.84. The summed E-state index contributed by atoms with van der Waals surface area (Å²) >= 11 is 1.24. The molecule has 0 radical (unpaired) electrons. The predicted octanol–water partition coefficient (Wildman–Crippen LogP) is 4.42. The highest BCUT2D eigenvalue weighted by molar-refractivity contribution is 8.00. The molecule has 2 atom stereocenters. The fourth-order valence-electron chi connectivity index (χ4n) is 2.90. The van der Waals surface area contributed by atoms with Crippen LogP contribution in [-0.2, 0) is 11.2 Å². The highest BCUT2D eigenvalue weighted by Crippen LogP contribution is 2.35. The van der Waals surface area contributed by atoms with Crippen LogP contribution in [0.25, 0.3) is 0 Å². The summed E-state index contributed by atoms with van der Waals surface area (Å²) in [5.74, 6) is -1.79. The highest BCUT2D eigenvalue weighted by Gasteiger charge is 2.33. The molecule has 0 fully saturated rings. The van der Waals surface area contributed by atoms with Crippen LogP contribution in [0.3, 0.4) is 0 Å². The zero-order valence-corrected chi connectivity index (χ0v) is 13.7. The van der Waals surface area contributed by atoms with Gasteiger partial charge in [0.05, 0.1) is 5.25 Å². The Morgan fingerprint density at radius 2 is 1.96 bits per heavy atom. The van der Waals surface area contributed by atoms with Gasteiger partial charge in [-0.1, -0.05) is 18.2 Å². The lowest BCUT2D eigenvalue weighted by atomic mass is 10.1. The van der Waals surface area contributed by atoms with Crippen molar-refractivity contribution in [2.24, 2.45) is 0 Å². The lowest BCUT2D eigenvalue weighted by molar-refractivity contribution is -0.118. The largest absolute Gasteiger partial charge is 0.308 e. The van der Waals surface area contributed by atoms with Crippen LogP contribution in [-0.4, -0.2) is 17.2 Å². The molecule has 2 aromatic rings. The number of hydrogen-bond donors (Lipinski definition) is 0. The average Bonchev–Trinajstić information content (AvgIpc) is 2.86. The lowest BCUT2D eigenvalue weighted by Gasteiger charge is -2.25. The van der Waals surface area contributed by atoms with Gasteiger partial charge in [0.15, 0.2) is 11.6 Å². The van der Waals surface area contributed by atoms with E-state index in [0.717, 1.165) is 24.2 Å². The number of thioether (sulfide) groups is 1. The molecule has 2 aromatic carbocycles. The van der Waals surface area contributed by atoms with Crippen LogP contribution >= 0.6 is 11.8 Å². The van der Waals surface area contributed by atoms with Gasteiger partial charge in [-0.3, -0.25) is 4.79 Å². The van der Waals surface area contributed by atoms with Crippen molar-refractivity contribution in [2.75, 3.05) is 4.90 Å². The second kappa shape index (κ2) is 6.32. The topological polar surface area (TPSA) is 20.3 Å². The van der Waals surface area contributed by atoms with Crippen molar-refractivity contribution in [3.05, 3.63) is 59.7 Å². The summed E-state index contributed by atoms with van der Waals surface area (Å²) in [5, 5.41) is -0.381. The maximum absolute atomic E-state index is 13.3. The fraction of sp³-hybridized carbons (Fsp3) is 0.278. The van der Waals surface area contributed by atoms with Gasteiger partial charge in [0.2, 0.25) is 5.91 Å². The molecule has 23 heavy (non-hydrogen) atoms. The molecule has 0 aromatic heterocycles. The van der Waals surface area contributed by atoms with Crippen molar-refractivity contribution in [3.8, 4) is 0 Å². The molecule has 0 spiro atoms. The van der Waals surface area contributed by atoms with E-state index in [2.05, 4.69) is 0 Å². The summed E-state index contributed by atoms with van der Waals surface area (Å²) in [5.41, 5.74) is 2.11. The molecule has 3 rings (SSSR count). The first-order valence-electron chi connectivity index (χ1n) is 7.50. The summed E-state index contributed by atoms with van der Waals surface area (Å²) in [6.45, 7) is 3.81. The van der Waals surface area contributed by atoms with Gasteiger partial charge in [-0.05, 0) is 50.1 Å². The van der Waals surface area contributed by atoms with Crippen molar-refractivity contribution in [3.63, 3.8) is 0 Å². The minimum absolute atomic E-state index is 0.0165. The number of para-hydroxylation sites is 1. The van der Waals surface area contributed by atoms with Crippen molar-refractivity contribution in [1.82, 2.24) is 0 Å². The number of anilines is 1. The predicted molar refractivity (Wildman–Crippen MR) is 88.8 cm³/mol. The van der Waals surface area contributed by atoms with Crippen LogP contribution in [0.15, 0.2) is 47.4 Å². The first-order valence-corrected chi connectivity index (χ1v) is 8.38. The summed E-state index contributed by atoms with van der Waals surface area (Å²) in [6.07, 6.45) is 0.838. The summed E-state index contributed by atoms with van der Waals surface area (Å²) < 4.78 is 26.3. The van der Waals surface area contributed by atoms with Crippen molar-refractivity contribution >= 4 is 23.4 Å². The Bertz CT molecular complexity index is 750. The van der Waals surface area contributed by atoms with E-state index >= 15 is 0 Å². The normalized spacial score (nSPS) is 17.9. The third-order valence-corrected chi connectivity index (χ3v) is 5.08. The van der Waals surface area contributed by atoms with Gasteiger partial charge in [-0.15, -0.1) is 11.8 Å². The van der Waals surface area contributed by atoms with E-state index in [1.165, 1.54) is 23.4 Å². The van der Waals surface area contributed by atoms with E-state index in [0.29, 0.717) is 4.90 Å². The molecule has 0 saturated heterocycles. The van der Waals surface area contributed by atoms with E-state index in [4.69, 9.17) is 0 Å². The molecular weight excluding hydrogens is 316 g/mol. The molecule has 120 valence electrons. The number of benzene rings is 2. The Kier molecular flexibility index (Phi) is 4.39. The zero-order valence-electron chi connectivity index (χ0n) is 12.9. The number of amides is 1. The molecule has 2 nitrogen and oxygen atoms in total. The number of fused-ring (bicyclic) bond motifs is 1. The van der Waals surface area contributed by atoms with Gasteiger partial charge in [0.25, 0.3) is 0 Å².